The van der Waals surface area contributed by atoms with Crippen LogP contribution in [-0.2, 0) is 4.79 Å². The third kappa shape index (κ3) is 1.99. The lowest BCUT2D eigenvalue weighted by Crippen LogP contribution is -2.06. The fourth-order valence-electron chi connectivity index (χ4n) is 1.49. The van der Waals surface area contributed by atoms with Crippen molar-refractivity contribution in [1.82, 2.24) is 4.98 Å². The lowest BCUT2D eigenvalue weighted by molar-refractivity contribution is -0.114. The van der Waals surface area contributed by atoms with E-state index in [4.69, 9.17) is 0 Å². The first kappa shape index (κ1) is 10.1. The number of hydrogen-bond acceptors (Lipinski definition) is 2. The highest BCUT2D eigenvalue weighted by Gasteiger charge is 2.05. The van der Waals surface area contributed by atoms with Gasteiger partial charge in [0.05, 0.1) is 0 Å². The molecule has 2 aromatic rings. The predicted octanol–water partition coefficient (Wildman–Crippen LogP) is 2.96. The predicted molar refractivity (Wildman–Crippen MR) is 63.7 cm³/mol. The summed E-state index contributed by atoms with van der Waals surface area (Å²) in [5.74, 6) is -0.0776. The molecule has 0 unspecified atom stereocenters. The van der Waals surface area contributed by atoms with E-state index < -0.39 is 0 Å². The molecule has 15 heavy (non-hydrogen) atoms. The molecular formula is C11H9BrN2O. The largest absolute Gasteiger partial charge is 0.326 e. The molecule has 3 nitrogen and oxygen atoms in total. The molecule has 0 fully saturated rings. The Kier molecular flexibility index (Phi) is 2.68. The first-order valence-electron chi connectivity index (χ1n) is 4.48. The number of nitrogens with one attached hydrogen (secondary N) is 1. The van der Waals surface area contributed by atoms with Gasteiger partial charge in [-0.1, -0.05) is 12.1 Å². The van der Waals surface area contributed by atoms with Gasteiger partial charge in [0.2, 0.25) is 5.91 Å². The second kappa shape index (κ2) is 3.98. The lowest BCUT2D eigenvalue weighted by atomic mass is 10.1. The number of benzene rings is 1. The molecule has 0 atom stereocenters. The van der Waals surface area contributed by atoms with E-state index in [-0.39, 0.29) is 5.91 Å². The second-order valence-electron chi connectivity index (χ2n) is 3.21. The Bertz CT molecular complexity index is 520. The van der Waals surface area contributed by atoms with Gasteiger partial charge in [0.25, 0.3) is 0 Å². The van der Waals surface area contributed by atoms with Crippen molar-refractivity contribution in [1.29, 1.82) is 0 Å². The summed E-state index contributed by atoms with van der Waals surface area (Å²) in [5.41, 5.74) is 0.800. The third-order valence-corrected chi connectivity index (χ3v) is 2.65. The number of aromatic nitrogens is 1. The number of amides is 1. The van der Waals surface area contributed by atoms with E-state index in [1.807, 2.05) is 18.2 Å². The summed E-state index contributed by atoms with van der Waals surface area (Å²) >= 11 is 3.42. The minimum atomic E-state index is -0.0776. The number of pyridine rings is 1. The summed E-state index contributed by atoms with van der Waals surface area (Å²) < 4.78 is 0.879. The van der Waals surface area contributed by atoms with E-state index in [1.165, 1.54) is 6.92 Å². The van der Waals surface area contributed by atoms with E-state index in [0.29, 0.717) is 0 Å². The maximum absolute atomic E-state index is 11.0. The molecule has 2 rings (SSSR count). The molecule has 0 saturated heterocycles. The Balaban J connectivity index is 2.68. The normalized spacial score (nSPS) is 10.3. The summed E-state index contributed by atoms with van der Waals surface area (Å²) in [6, 6.07) is 5.72. The average molecular weight is 265 g/mol. The van der Waals surface area contributed by atoms with Crippen LogP contribution in [0.4, 0.5) is 5.69 Å². The zero-order chi connectivity index (χ0) is 10.8. The Labute approximate surface area is 95.6 Å². The van der Waals surface area contributed by atoms with Crippen LogP contribution in [0.2, 0.25) is 0 Å². The SMILES string of the molecule is CC(=O)Nc1cccc2cncc(Br)c12. The van der Waals surface area contributed by atoms with Crippen molar-refractivity contribution < 1.29 is 4.79 Å². The Morgan fingerprint density at radius 1 is 1.40 bits per heavy atom. The maximum atomic E-state index is 11.0. The maximum Gasteiger partial charge on any atom is 0.221 e. The van der Waals surface area contributed by atoms with Gasteiger partial charge in [-0.2, -0.15) is 0 Å². The molecule has 1 aromatic carbocycles. The zero-order valence-electron chi connectivity index (χ0n) is 8.12. The number of rotatable bonds is 1. The molecule has 4 heteroatoms. The molecule has 1 amide bonds. The van der Waals surface area contributed by atoms with Gasteiger partial charge in [0, 0.05) is 40.2 Å². The fraction of sp³-hybridized carbons (Fsp3) is 0.0909. The minimum Gasteiger partial charge on any atom is -0.326 e. The average Bonchev–Trinajstić information content (AvgIpc) is 2.17. The van der Waals surface area contributed by atoms with Crippen molar-refractivity contribution in [2.45, 2.75) is 6.92 Å². The zero-order valence-corrected chi connectivity index (χ0v) is 9.71. The molecule has 0 aliphatic carbocycles. The molecule has 0 radical (unpaired) electrons. The van der Waals surface area contributed by atoms with Crippen LogP contribution in [0.3, 0.4) is 0 Å². The fourth-order valence-corrected chi connectivity index (χ4v) is 2.05. The number of nitrogens with zero attached hydrogens (tertiary/aromatic N) is 1. The van der Waals surface area contributed by atoms with Crippen molar-refractivity contribution in [3.05, 3.63) is 35.1 Å². The molecule has 1 heterocycles. The van der Waals surface area contributed by atoms with Crippen LogP contribution in [-0.4, -0.2) is 10.9 Å². The molecular weight excluding hydrogens is 256 g/mol. The van der Waals surface area contributed by atoms with Gasteiger partial charge in [0.1, 0.15) is 0 Å². The Morgan fingerprint density at radius 3 is 2.93 bits per heavy atom. The van der Waals surface area contributed by atoms with Crippen LogP contribution in [0.15, 0.2) is 35.1 Å². The smallest absolute Gasteiger partial charge is 0.221 e. The van der Waals surface area contributed by atoms with Crippen LogP contribution < -0.4 is 5.32 Å². The van der Waals surface area contributed by atoms with Gasteiger partial charge >= 0.3 is 0 Å². The molecule has 0 saturated carbocycles. The van der Waals surface area contributed by atoms with E-state index >= 15 is 0 Å². The first-order valence-corrected chi connectivity index (χ1v) is 5.27. The Morgan fingerprint density at radius 2 is 2.20 bits per heavy atom. The third-order valence-electron chi connectivity index (χ3n) is 2.05. The first-order chi connectivity index (χ1) is 7.18. The molecule has 0 bridgehead atoms. The van der Waals surface area contributed by atoms with Crippen molar-refractivity contribution in [3.63, 3.8) is 0 Å². The monoisotopic (exact) mass is 264 g/mol. The second-order valence-corrected chi connectivity index (χ2v) is 4.06. The molecule has 76 valence electrons. The van der Waals surface area contributed by atoms with E-state index in [9.17, 15) is 4.79 Å². The highest BCUT2D eigenvalue weighted by atomic mass is 79.9. The standard InChI is InChI=1S/C11H9BrN2O/c1-7(15)14-10-4-2-3-8-5-13-6-9(12)11(8)10/h2-6H,1H3,(H,14,15). The minimum absolute atomic E-state index is 0.0776. The highest BCUT2D eigenvalue weighted by molar-refractivity contribution is 9.10. The highest BCUT2D eigenvalue weighted by Crippen LogP contribution is 2.29. The molecule has 1 aromatic heterocycles. The van der Waals surface area contributed by atoms with Gasteiger partial charge in [-0.15, -0.1) is 0 Å². The number of carbonyl (C=O) groups is 1. The van der Waals surface area contributed by atoms with Crippen LogP contribution >= 0.6 is 15.9 Å². The topological polar surface area (TPSA) is 42.0 Å². The van der Waals surface area contributed by atoms with E-state index in [1.54, 1.807) is 12.4 Å². The number of hydrogen-bond donors (Lipinski definition) is 1. The summed E-state index contributed by atoms with van der Waals surface area (Å²) in [7, 11) is 0. The molecule has 1 N–H and O–H groups in total. The molecule has 0 spiro atoms. The van der Waals surface area contributed by atoms with Crippen molar-refractivity contribution >= 4 is 38.3 Å². The molecule has 0 aliphatic heterocycles. The lowest BCUT2D eigenvalue weighted by Gasteiger charge is -2.07. The van der Waals surface area contributed by atoms with Gasteiger partial charge in [-0.05, 0) is 22.0 Å². The summed E-state index contributed by atoms with van der Waals surface area (Å²) in [6.45, 7) is 1.49. The number of fused-ring (bicyclic) bond motifs is 1. The van der Waals surface area contributed by atoms with Crippen LogP contribution in [0.1, 0.15) is 6.92 Å². The van der Waals surface area contributed by atoms with Gasteiger partial charge in [0.15, 0.2) is 0 Å². The van der Waals surface area contributed by atoms with Crippen LogP contribution in [0.5, 0.6) is 0 Å². The quantitative estimate of drug-likeness (QED) is 0.861. The van der Waals surface area contributed by atoms with E-state index in [0.717, 1.165) is 20.9 Å². The van der Waals surface area contributed by atoms with Crippen molar-refractivity contribution in [2.24, 2.45) is 0 Å². The van der Waals surface area contributed by atoms with Gasteiger partial charge in [-0.3, -0.25) is 9.78 Å². The van der Waals surface area contributed by atoms with Gasteiger partial charge < -0.3 is 5.32 Å². The number of halogens is 1. The Hall–Kier alpha value is -1.42. The van der Waals surface area contributed by atoms with E-state index in [2.05, 4.69) is 26.2 Å². The molecule has 0 aliphatic rings. The van der Waals surface area contributed by atoms with Crippen molar-refractivity contribution in [2.75, 3.05) is 5.32 Å². The summed E-state index contributed by atoms with van der Waals surface area (Å²) in [6.07, 6.45) is 3.49. The van der Waals surface area contributed by atoms with Crippen LogP contribution in [0.25, 0.3) is 10.8 Å². The number of carbonyl (C=O) groups excluding carboxylic acids is 1. The summed E-state index contributed by atoms with van der Waals surface area (Å²) in [4.78, 5) is 15.1. The van der Waals surface area contributed by atoms with Crippen molar-refractivity contribution in [3.8, 4) is 0 Å². The van der Waals surface area contributed by atoms with Gasteiger partial charge in [-0.25, -0.2) is 0 Å². The van der Waals surface area contributed by atoms with Crippen LogP contribution in [0, 0.1) is 0 Å². The summed E-state index contributed by atoms with van der Waals surface area (Å²) in [5, 5.41) is 4.76. The number of anilines is 1.